The van der Waals surface area contributed by atoms with Gasteiger partial charge in [-0.15, -0.1) is 11.3 Å². The van der Waals surface area contributed by atoms with E-state index in [-0.39, 0.29) is 11.9 Å². The summed E-state index contributed by atoms with van der Waals surface area (Å²) in [6.45, 7) is 2.05. The molecule has 0 aliphatic rings. The van der Waals surface area contributed by atoms with Gasteiger partial charge in [-0.3, -0.25) is 0 Å². The number of thiophene rings is 1. The predicted octanol–water partition coefficient (Wildman–Crippen LogP) is 4.27. The first-order valence-corrected chi connectivity index (χ1v) is 6.92. The van der Waals surface area contributed by atoms with E-state index in [4.69, 9.17) is 0 Å². The van der Waals surface area contributed by atoms with Crippen molar-refractivity contribution >= 4 is 27.3 Å². The molecule has 1 aromatic carbocycles. The van der Waals surface area contributed by atoms with E-state index in [0.29, 0.717) is 5.56 Å². The molecule has 90 valence electrons. The number of nitrogens with one attached hydrogen (secondary N) is 1. The molecule has 2 rings (SSSR count). The molecule has 0 aliphatic heterocycles. The summed E-state index contributed by atoms with van der Waals surface area (Å²) in [6.07, 6.45) is 0. The molecule has 0 aliphatic carbocycles. The Kier molecular flexibility index (Phi) is 3.97. The van der Waals surface area contributed by atoms with Gasteiger partial charge in [-0.1, -0.05) is 18.2 Å². The average Bonchev–Trinajstić information content (AvgIpc) is 2.63. The molecule has 2 aromatic rings. The fourth-order valence-corrected chi connectivity index (χ4v) is 3.47. The Bertz CT molecular complexity index is 504. The minimum absolute atomic E-state index is 0.0915. The molecule has 1 atom stereocenters. The van der Waals surface area contributed by atoms with Crippen LogP contribution in [0.2, 0.25) is 0 Å². The summed E-state index contributed by atoms with van der Waals surface area (Å²) < 4.78 is 14.9. The van der Waals surface area contributed by atoms with Crippen molar-refractivity contribution in [2.45, 2.75) is 13.0 Å². The fraction of sp³-hybridized carbons (Fsp3) is 0.231. The molecule has 0 bridgehead atoms. The predicted molar refractivity (Wildman–Crippen MR) is 74.1 cm³/mol. The molecule has 0 amide bonds. The van der Waals surface area contributed by atoms with Gasteiger partial charge < -0.3 is 5.32 Å². The van der Waals surface area contributed by atoms with Crippen molar-refractivity contribution in [2.24, 2.45) is 0 Å². The van der Waals surface area contributed by atoms with Crippen molar-refractivity contribution in [3.05, 3.63) is 55.9 Å². The van der Waals surface area contributed by atoms with Crippen LogP contribution >= 0.6 is 27.3 Å². The summed E-state index contributed by atoms with van der Waals surface area (Å²) >= 11 is 5.17. The fourth-order valence-electron chi connectivity index (χ4n) is 1.78. The second kappa shape index (κ2) is 5.29. The topological polar surface area (TPSA) is 12.0 Å². The third kappa shape index (κ3) is 2.59. The third-order valence-corrected chi connectivity index (χ3v) is 4.87. The minimum atomic E-state index is -0.172. The molecule has 0 radical (unpaired) electrons. The largest absolute Gasteiger partial charge is 0.309 e. The number of aryl methyl sites for hydroxylation is 1. The summed E-state index contributed by atoms with van der Waals surface area (Å²) in [7, 11) is 1.85. The highest BCUT2D eigenvalue weighted by Gasteiger charge is 2.18. The Labute approximate surface area is 113 Å². The molecule has 1 N–H and O–H groups in total. The van der Waals surface area contributed by atoms with Gasteiger partial charge in [0.2, 0.25) is 0 Å². The molecular formula is C13H13BrFNS. The van der Waals surface area contributed by atoms with Gasteiger partial charge in [-0.25, -0.2) is 4.39 Å². The molecule has 0 spiro atoms. The third-order valence-electron chi connectivity index (χ3n) is 2.67. The Morgan fingerprint density at radius 2 is 2.06 bits per heavy atom. The molecule has 1 nitrogen and oxygen atoms in total. The van der Waals surface area contributed by atoms with E-state index in [2.05, 4.69) is 21.2 Å². The van der Waals surface area contributed by atoms with Crippen molar-refractivity contribution in [1.29, 1.82) is 0 Å². The number of halogens is 2. The number of hydrogen-bond donors (Lipinski definition) is 1. The molecular weight excluding hydrogens is 301 g/mol. The standard InChI is InChI=1S/C13H13BrFNS/c1-8-10(14)7-12(17-8)13(16-2)9-5-3-4-6-11(9)15/h3-7,13,16H,1-2H3. The Morgan fingerprint density at radius 3 is 2.59 bits per heavy atom. The van der Waals surface area contributed by atoms with Crippen LogP contribution in [0.25, 0.3) is 0 Å². The zero-order valence-corrected chi connectivity index (χ0v) is 12.0. The Hall–Kier alpha value is -0.710. The van der Waals surface area contributed by atoms with E-state index in [0.717, 1.165) is 9.35 Å². The Morgan fingerprint density at radius 1 is 1.35 bits per heavy atom. The van der Waals surface area contributed by atoms with Gasteiger partial charge >= 0.3 is 0 Å². The molecule has 4 heteroatoms. The summed E-state index contributed by atoms with van der Waals surface area (Å²) in [5.74, 6) is -0.172. The SMILES string of the molecule is CNC(c1cc(Br)c(C)s1)c1ccccc1F. The van der Waals surface area contributed by atoms with Gasteiger partial charge in [0.15, 0.2) is 0 Å². The van der Waals surface area contributed by atoms with Crippen molar-refractivity contribution in [3.8, 4) is 0 Å². The summed E-state index contributed by atoms with van der Waals surface area (Å²) in [5.41, 5.74) is 0.684. The van der Waals surface area contributed by atoms with Crippen molar-refractivity contribution in [1.82, 2.24) is 5.32 Å². The zero-order chi connectivity index (χ0) is 12.4. The van der Waals surface area contributed by atoms with Crippen LogP contribution in [0.15, 0.2) is 34.8 Å². The van der Waals surface area contributed by atoms with Crippen LogP contribution in [0.4, 0.5) is 4.39 Å². The van der Waals surface area contributed by atoms with Gasteiger partial charge in [0.1, 0.15) is 5.82 Å². The van der Waals surface area contributed by atoms with Crippen molar-refractivity contribution < 1.29 is 4.39 Å². The van der Waals surface area contributed by atoms with E-state index in [9.17, 15) is 4.39 Å². The van der Waals surface area contributed by atoms with Gasteiger partial charge in [0.25, 0.3) is 0 Å². The number of hydrogen-bond acceptors (Lipinski definition) is 2. The van der Waals surface area contributed by atoms with Gasteiger partial charge in [0, 0.05) is 19.8 Å². The maximum absolute atomic E-state index is 13.8. The monoisotopic (exact) mass is 313 g/mol. The van der Waals surface area contributed by atoms with Crippen LogP contribution in [0.3, 0.4) is 0 Å². The minimum Gasteiger partial charge on any atom is -0.309 e. The highest BCUT2D eigenvalue weighted by Crippen LogP contribution is 2.34. The lowest BCUT2D eigenvalue weighted by Crippen LogP contribution is -2.17. The molecule has 0 fully saturated rings. The molecule has 1 unspecified atom stereocenters. The maximum atomic E-state index is 13.8. The zero-order valence-electron chi connectivity index (χ0n) is 9.63. The summed E-state index contributed by atoms with van der Waals surface area (Å²) in [4.78, 5) is 2.32. The first-order chi connectivity index (χ1) is 8.13. The van der Waals surface area contributed by atoms with Gasteiger partial charge in [-0.2, -0.15) is 0 Å². The van der Waals surface area contributed by atoms with Crippen LogP contribution in [0.1, 0.15) is 21.4 Å². The second-order valence-electron chi connectivity index (χ2n) is 3.80. The van der Waals surface area contributed by atoms with Crippen LogP contribution in [-0.4, -0.2) is 7.05 Å². The lowest BCUT2D eigenvalue weighted by atomic mass is 10.1. The van der Waals surface area contributed by atoms with Gasteiger partial charge in [0.05, 0.1) is 6.04 Å². The van der Waals surface area contributed by atoms with E-state index in [1.54, 1.807) is 17.4 Å². The molecule has 17 heavy (non-hydrogen) atoms. The van der Waals surface area contributed by atoms with Crippen LogP contribution in [0, 0.1) is 12.7 Å². The highest BCUT2D eigenvalue weighted by molar-refractivity contribution is 9.10. The van der Waals surface area contributed by atoms with Crippen LogP contribution in [0.5, 0.6) is 0 Å². The van der Waals surface area contributed by atoms with Crippen LogP contribution in [-0.2, 0) is 0 Å². The molecule has 0 saturated carbocycles. The van der Waals surface area contributed by atoms with E-state index in [1.807, 2.05) is 32.2 Å². The quantitative estimate of drug-likeness (QED) is 0.892. The first-order valence-electron chi connectivity index (χ1n) is 5.31. The van der Waals surface area contributed by atoms with E-state index >= 15 is 0 Å². The lowest BCUT2D eigenvalue weighted by molar-refractivity contribution is 0.579. The number of benzene rings is 1. The maximum Gasteiger partial charge on any atom is 0.128 e. The Balaban J connectivity index is 2.44. The smallest absolute Gasteiger partial charge is 0.128 e. The van der Waals surface area contributed by atoms with Crippen LogP contribution < -0.4 is 5.32 Å². The molecule has 1 aromatic heterocycles. The first kappa shape index (κ1) is 12.7. The van der Waals surface area contributed by atoms with E-state index in [1.165, 1.54) is 10.9 Å². The van der Waals surface area contributed by atoms with Crippen molar-refractivity contribution in [2.75, 3.05) is 7.05 Å². The lowest BCUT2D eigenvalue weighted by Gasteiger charge is -2.15. The molecule has 1 heterocycles. The number of rotatable bonds is 3. The second-order valence-corrected chi connectivity index (χ2v) is 5.94. The summed E-state index contributed by atoms with van der Waals surface area (Å²) in [6, 6.07) is 8.84. The highest BCUT2D eigenvalue weighted by atomic mass is 79.9. The van der Waals surface area contributed by atoms with E-state index < -0.39 is 0 Å². The van der Waals surface area contributed by atoms with Crippen molar-refractivity contribution in [3.63, 3.8) is 0 Å². The average molecular weight is 314 g/mol. The summed E-state index contributed by atoms with van der Waals surface area (Å²) in [5, 5.41) is 3.17. The van der Waals surface area contributed by atoms with Gasteiger partial charge in [-0.05, 0) is 42.0 Å². The normalized spacial score (nSPS) is 12.7. The molecule has 0 saturated heterocycles.